The third-order valence-electron chi connectivity index (χ3n) is 4.99. The van der Waals surface area contributed by atoms with Crippen molar-refractivity contribution in [3.8, 4) is 0 Å². The number of piperidine rings is 1. The van der Waals surface area contributed by atoms with Crippen LogP contribution < -0.4 is 11.0 Å². The Labute approximate surface area is 175 Å². The molecule has 0 spiro atoms. The van der Waals surface area contributed by atoms with Crippen LogP contribution in [0.1, 0.15) is 12.8 Å². The van der Waals surface area contributed by atoms with Crippen molar-refractivity contribution in [3.63, 3.8) is 0 Å². The predicted molar refractivity (Wildman–Crippen MR) is 113 cm³/mol. The summed E-state index contributed by atoms with van der Waals surface area (Å²) < 4.78 is 28.0. The van der Waals surface area contributed by atoms with E-state index >= 15 is 0 Å². The molecule has 0 saturated carbocycles. The van der Waals surface area contributed by atoms with Gasteiger partial charge in [0, 0.05) is 23.2 Å². The molecule has 1 fully saturated rings. The summed E-state index contributed by atoms with van der Waals surface area (Å²) in [5, 5.41) is 2.83. The maximum atomic E-state index is 12.9. The fraction of sp³-hybridized carbons (Fsp3) is 0.263. The SMILES string of the molecule is O=C(Nc1ccc2[nH]c(=O)[nH]c2c1)C1CCCN(S(=O)(=O)c2ccc(Br)cc2)C1. The van der Waals surface area contributed by atoms with Crippen LogP contribution >= 0.6 is 15.9 Å². The second kappa shape index (κ2) is 7.77. The Morgan fingerprint density at radius 1 is 1.10 bits per heavy atom. The quantitative estimate of drug-likeness (QED) is 0.534. The molecule has 10 heteroatoms. The van der Waals surface area contributed by atoms with E-state index in [1.54, 1.807) is 42.5 Å². The summed E-state index contributed by atoms with van der Waals surface area (Å²) in [5.41, 5.74) is 1.48. The van der Waals surface area contributed by atoms with Crippen molar-refractivity contribution in [1.29, 1.82) is 0 Å². The van der Waals surface area contributed by atoms with E-state index in [2.05, 4.69) is 31.2 Å². The topological polar surface area (TPSA) is 115 Å². The second-order valence-corrected chi connectivity index (χ2v) is 9.84. The summed E-state index contributed by atoms with van der Waals surface area (Å²) >= 11 is 3.30. The van der Waals surface area contributed by atoms with E-state index in [4.69, 9.17) is 0 Å². The highest BCUT2D eigenvalue weighted by Crippen LogP contribution is 2.26. The van der Waals surface area contributed by atoms with Crippen molar-refractivity contribution < 1.29 is 13.2 Å². The zero-order valence-corrected chi connectivity index (χ0v) is 17.7. The molecule has 29 heavy (non-hydrogen) atoms. The number of carbonyl (C=O) groups is 1. The Morgan fingerprint density at radius 2 is 1.83 bits per heavy atom. The first-order valence-corrected chi connectivity index (χ1v) is 11.3. The number of rotatable bonds is 4. The minimum absolute atomic E-state index is 0.132. The van der Waals surface area contributed by atoms with E-state index in [1.165, 1.54) is 4.31 Å². The highest BCUT2D eigenvalue weighted by Gasteiger charge is 2.33. The number of hydrogen-bond donors (Lipinski definition) is 3. The molecule has 8 nitrogen and oxygen atoms in total. The van der Waals surface area contributed by atoms with Gasteiger partial charge in [-0.25, -0.2) is 13.2 Å². The van der Waals surface area contributed by atoms with Crippen LogP contribution in [0.2, 0.25) is 0 Å². The van der Waals surface area contributed by atoms with Gasteiger partial charge in [-0.15, -0.1) is 0 Å². The molecule has 0 bridgehead atoms. The van der Waals surface area contributed by atoms with E-state index in [9.17, 15) is 18.0 Å². The molecular formula is C19H19BrN4O4S. The number of anilines is 1. The van der Waals surface area contributed by atoms with Crippen molar-refractivity contribution in [2.45, 2.75) is 17.7 Å². The molecule has 0 aliphatic carbocycles. The second-order valence-electron chi connectivity index (χ2n) is 6.98. The van der Waals surface area contributed by atoms with Crippen LogP contribution in [0.15, 0.2) is 56.6 Å². The van der Waals surface area contributed by atoms with Gasteiger partial charge in [-0.05, 0) is 55.3 Å². The molecule has 2 aromatic carbocycles. The van der Waals surface area contributed by atoms with Crippen LogP contribution in [0.3, 0.4) is 0 Å². The van der Waals surface area contributed by atoms with E-state index in [1.807, 2.05) is 0 Å². The maximum Gasteiger partial charge on any atom is 0.323 e. The Balaban J connectivity index is 1.48. The summed E-state index contributed by atoms with van der Waals surface area (Å²) in [5.74, 6) is -0.687. The van der Waals surface area contributed by atoms with Gasteiger partial charge in [0.05, 0.1) is 21.8 Å². The molecule has 4 rings (SSSR count). The molecule has 1 aromatic heterocycles. The molecule has 152 valence electrons. The lowest BCUT2D eigenvalue weighted by atomic mass is 9.98. The molecule has 1 atom stereocenters. The van der Waals surface area contributed by atoms with Crippen LogP contribution in [-0.2, 0) is 14.8 Å². The molecule has 1 amide bonds. The van der Waals surface area contributed by atoms with E-state index in [0.717, 1.165) is 4.47 Å². The van der Waals surface area contributed by atoms with Crippen molar-refractivity contribution in [3.05, 3.63) is 57.4 Å². The van der Waals surface area contributed by atoms with Crippen LogP contribution in [0, 0.1) is 5.92 Å². The Kier molecular flexibility index (Phi) is 5.32. The average molecular weight is 479 g/mol. The van der Waals surface area contributed by atoms with Gasteiger partial charge < -0.3 is 15.3 Å². The number of imidazole rings is 1. The maximum absolute atomic E-state index is 12.9. The molecule has 1 saturated heterocycles. The number of sulfonamides is 1. The lowest BCUT2D eigenvalue weighted by Gasteiger charge is -2.31. The Morgan fingerprint density at radius 3 is 2.59 bits per heavy atom. The third-order valence-corrected chi connectivity index (χ3v) is 7.40. The molecule has 1 unspecified atom stereocenters. The summed E-state index contributed by atoms with van der Waals surface area (Å²) in [6, 6.07) is 11.5. The number of benzene rings is 2. The number of hydrogen-bond acceptors (Lipinski definition) is 4. The number of nitrogens with one attached hydrogen (secondary N) is 3. The van der Waals surface area contributed by atoms with E-state index in [0.29, 0.717) is 36.1 Å². The third kappa shape index (κ3) is 4.14. The number of nitrogens with zero attached hydrogens (tertiary/aromatic N) is 1. The minimum atomic E-state index is -3.66. The van der Waals surface area contributed by atoms with Gasteiger partial charge in [0.2, 0.25) is 15.9 Å². The minimum Gasteiger partial charge on any atom is -0.326 e. The predicted octanol–water partition coefficient (Wildman–Crippen LogP) is 2.66. The number of amides is 1. The number of aromatic nitrogens is 2. The zero-order valence-electron chi connectivity index (χ0n) is 15.3. The smallest absolute Gasteiger partial charge is 0.323 e. The van der Waals surface area contributed by atoms with Crippen molar-refractivity contribution in [2.24, 2.45) is 5.92 Å². The molecule has 1 aliphatic heterocycles. The van der Waals surface area contributed by atoms with Crippen molar-refractivity contribution >= 4 is 48.6 Å². The molecule has 3 aromatic rings. The largest absolute Gasteiger partial charge is 0.326 e. The first kappa shape index (κ1) is 19.9. The molecule has 1 aliphatic rings. The van der Waals surface area contributed by atoms with Crippen LogP contribution in [0.25, 0.3) is 11.0 Å². The molecular weight excluding hydrogens is 460 g/mol. The number of aromatic amines is 2. The summed E-state index contributed by atoms with van der Waals surface area (Å²) in [7, 11) is -3.66. The summed E-state index contributed by atoms with van der Waals surface area (Å²) in [4.78, 5) is 29.6. The first-order valence-electron chi connectivity index (χ1n) is 9.11. The number of H-pyrrole nitrogens is 2. The number of halogens is 1. The van der Waals surface area contributed by atoms with E-state index < -0.39 is 15.9 Å². The van der Waals surface area contributed by atoms with Gasteiger partial charge in [-0.3, -0.25) is 4.79 Å². The number of fused-ring (bicyclic) bond motifs is 1. The lowest BCUT2D eigenvalue weighted by Crippen LogP contribution is -2.43. The highest BCUT2D eigenvalue weighted by atomic mass is 79.9. The first-order chi connectivity index (χ1) is 13.8. The molecule has 2 heterocycles. The fourth-order valence-electron chi connectivity index (χ4n) is 3.48. The van der Waals surface area contributed by atoms with Gasteiger partial charge in [-0.2, -0.15) is 4.31 Å². The van der Waals surface area contributed by atoms with Gasteiger partial charge >= 0.3 is 5.69 Å². The standard InChI is InChI=1S/C19H19BrN4O4S/c20-13-3-6-15(7-4-13)29(27,28)24-9-1-2-12(11-24)18(25)21-14-5-8-16-17(10-14)23-19(26)22-16/h3-8,10,12H,1-2,9,11H2,(H,21,25)(H2,22,23,26). The fourth-order valence-corrected chi connectivity index (χ4v) is 5.27. The van der Waals surface area contributed by atoms with Crippen LogP contribution in [0.5, 0.6) is 0 Å². The van der Waals surface area contributed by atoms with Crippen molar-refractivity contribution in [2.75, 3.05) is 18.4 Å². The van der Waals surface area contributed by atoms with Gasteiger partial charge in [0.1, 0.15) is 0 Å². The Bertz CT molecular complexity index is 1220. The number of carbonyl (C=O) groups excluding carboxylic acids is 1. The summed E-state index contributed by atoms with van der Waals surface area (Å²) in [6.07, 6.45) is 1.22. The van der Waals surface area contributed by atoms with Gasteiger partial charge in [-0.1, -0.05) is 15.9 Å². The van der Waals surface area contributed by atoms with Crippen LogP contribution in [-0.4, -0.2) is 41.7 Å². The van der Waals surface area contributed by atoms with Gasteiger partial charge in [0.25, 0.3) is 0 Å². The monoisotopic (exact) mass is 478 g/mol. The normalized spacial score (nSPS) is 18.0. The average Bonchev–Trinajstić information content (AvgIpc) is 3.07. The lowest BCUT2D eigenvalue weighted by molar-refractivity contribution is -0.120. The van der Waals surface area contributed by atoms with Gasteiger partial charge in [0.15, 0.2) is 0 Å². The summed E-state index contributed by atoms with van der Waals surface area (Å²) in [6.45, 7) is 0.520. The van der Waals surface area contributed by atoms with Crippen molar-refractivity contribution in [1.82, 2.24) is 14.3 Å². The van der Waals surface area contributed by atoms with E-state index in [-0.39, 0.29) is 23.0 Å². The zero-order chi connectivity index (χ0) is 20.6. The van der Waals surface area contributed by atoms with Crippen LogP contribution in [0.4, 0.5) is 5.69 Å². The Hall–Kier alpha value is -2.43. The molecule has 0 radical (unpaired) electrons. The molecule has 3 N–H and O–H groups in total. The highest BCUT2D eigenvalue weighted by molar-refractivity contribution is 9.10.